The zero-order valence-corrected chi connectivity index (χ0v) is 15.8. The van der Waals surface area contributed by atoms with Gasteiger partial charge in [-0.1, -0.05) is 13.0 Å². The molecule has 7 nitrogen and oxygen atoms in total. The highest BCUT2D eigenvalue weighted by Crippen LogP contribution is 2.40. The second kappa shape index (κ2) is 8.78. The monoisotopic (exact) mass is 365 g/mol. The molecule has 1 amide bonds. The Balaban J connectivity index is 2.12. The number of hydrogen-bond acceptors (Lipinski definition) is 5. The molecular formula is C19H27NO6. The van der Waals surface area contributed by atoms with Gasteiger partial charge in [0.25, 0.3) is 0 Å². The average molecular weight is 365 g/mol. The molecule has 0 radical (unpaired) electrons. The van der Waals surface area contributed by atoms with E-state index in [4.69, 9.17) is 14.2 Å². The van der Waals surface area contributed by atoms with Crippen LogP contribution < -0.4 is 14.2 Å². The first-order chi connectivity index (χ1) is 12.4. The van der Waals surface area contributed by atoms with Gasteiger partial charge in [-0.05, 0) is 36.8 Å². The molecule has 7 heteroatoms. The molecule has 0 saturated carbocycles. The van der Waals surface area contributed by atoms with Gasteiger partial charge >= 0.3 is 5.97 Å². The number of carboxylic acids is 1. The molecule has 2 rings (SSSR count). The van der Waals surface area contributed by atoms with Gasteiger partial charge < -0.3 is 24.2 Å². The van der Waals surface area contributed by atoms with Crippen LogP contribution in [-0.2, 0) is 16.0 Å². The maximum Gasteiger partial charge on any atom is 0.326 e. The fourth-order valence-electron chi connectivity index (χ4n) is 3.42. The predicted octanol–water partition coefficient (Wildman–Crippen LogP) is 2.36. The summed E-state index contributed by atoms with van der Waals surface area (Å²) in [5.41, 5.74) is 0.816. The average Bonchev–Trinajstić information content (AvgIpc) is 2.64. The fourth-order valence-corrected chi connectivity index (χ4v) is 3.42. The zero-order chi connectivity index (χ0) is 19.3. The highest BCUT2D eigenvalue weighted by Gasteiger charge is 2.34. The molecular weight excluding hydrogens is 338 g/mol. The minimum atomic E-state index is -0.936. The van der Waals surface area contributed by atoms with Gasteiger partial charge in [0.2, 0.25) is 11.7 Å². The minimum absolute atomic E-state index is 0.152. The highest BCUT2D eigenvalue weighted by molar-refractivity contribution is 5.84. The molecule has 26 heavy (non-hydrogen) atoms. The lowest BCUT2D eigenvalue weighted by molar-refractivity contribution is -0.153. The van der Waals surface area contributed by atoms with Crippen molar-refractivity contribution in [2.75, 3.05) is 27.9 Å². The number of nitrogens with zero attached hydrogens (tertiary/aromatic N) is 1. The van der Waals surface area contributed by atoms with E-state index < -0.39 is 12.0 Å². The summed E-state index contributed by atoms with van der Waals surface area (Å²) in [6.07, 6.45) is 1.97. The van der Waals surface area contributed by atoms with Crippen molar-refractivity contribution >= 4 is 11.9 Å². The van der Waals surface area contributed by atoms with Gasteiger partial charge in [-0.3, -0.25) is 4.79 Å². The number of aliphatic carboxylic acids is 1. The van der Waals surface area contributed by atoms with E-state index >= 15 is 0 Å². The van der Waals surface area contributed by atoms with Gasteiger partial charge in [0, 0.05) is 13.0 Å². The number of carbonyl (C=O) groups excluding carboxylic acids is 1. The number of piperidine rings is 1. The van der Waals surface area contributed by atoms with Crippen molar-refractivity contribution in [2.45, 2.75) is 38.6 Å². The second-order valence-electron chi connectivity index (χ2n) is 6.56. The standard InChI is InChI=1S/C19H27NO6/c1-12-9-10-20(14(11-12)19(22)23)16(21)8-6-13-5-7-15(24-2)18(26-4)17(13)25-3/h5,7,12,14H,6,8-11H2,1-4H3,(H,22,23). The van der Waals surface area contributed by atoms with Crippen LogP contribution in [0.2, 0.25) is 0 Å². The molecule has 1 aliphatic rings. The number of aryl methyl sites for hydroxylation is 1. The number of hydrogen-bond donors (Lipinski definition) is 1. The Bertz CT molecular complexity index is 660. The molecule has 0 aliphatic carbocycles. The van der Waals surface area contributed by atoms with Crippen molar-refractivity contribution in [3.05, 3.63) is 17.7 Å². The Morgan fingerprint density at radius 1 is 1.15 bits per heavy atom. The van der Waals surface area contributed by atoms with Crippen LogP contribution in [0.4, 0.5) is 0 Å². The smallest absolute Gasteiger partial charge is 0.326 e. The number of likely N-dealkylation sites (tertiary alicyclic amines) is 1. The molecule has 1 aromatic carbocycles. The van der Waals surface area contributed by atoms with Gasteiger partial charge in [0.1, 0.15) is 6.04 Å². The predicted molar refractivity (Wildman–Crippen MR) is 96.0 cm³/mol. The lowest BCUT2D eigenvalue weighted by Gasteiger charge is -2.36. The van der Waals surface area contributed by atoms with E-state index in [1.165, 1.54) is 19.1 Å². The van der Waals surface area contributed by atoms with Crippen LogP contribution in [0, 0.1) is 5.92 Å². The molecule has 2 atom stereocenters. The molecule has 1 aliphatic heterocycles. The van der Waals surface area contributed by atoms with Crippen LogP contribution in [-0.4, -0.2) is 55.8 Å². The summed E-state index contributed by atoms with van der Waals surface area (Å²) in [4.78, 5) is 25.6. The van der Waals surface area contributed by atoms with Crippen molar-refractivity contribution in [1.82, 2.24) is 4.90 Å². The van der Waals surface area contributed by atoms with E-state index in [2.05, 4.69) is 0 Å². The number of rotatable bonds is 7. The van der Waals surface area contributed by atoms with Crippen LogP contribution in [0.15, 0.2) is 12.1 Å². The first-order valence-electron chi connectivity index (χ1n) is 8.73. The molecule has 0 aromatic heterocycles. The Morgan fingerprint density at radius 3 is 2.42 bits per heavy atom. The topological polar surface area (TPSA) is 85.3 Å². The number of benzene rings is 1. The third-order valence-corrected chi connectivity index (χ3v) is 4.86. The van der Waals surface area contributed by atoms with Crippen molar-refractivity contribution < 1.29 is 28.9 Å². The van der Waals surface area contributed by atoms with Crippen LogP contribution in [0.1, 0.15) is 31.7 Å². The normalized spacial score (nSPS) is 19.8. The molecule has 0 spiro atoms. The Hall–Kier alpha value is -2.44. The van der Waals surface area contributed by atoms with Gasteiger partial charge in [-0.2, -0.15) is 0 Å². The maximum absolute atomic E-state index is 12.6. The summed E-state index contributed by atoms with van der Waals surface area (Å²) in [6, 6.07) is 2.86. The van der Waals surface area contributed by atoms with E-state index in [1.54, 1.807) is 13.2 Å². The van der Waals surface area contributed by atoms with Crippen molar-refractivity contribution in [1.29, 1.82) is 0 Å². The Labute approximate surface area is 153 Å². The molecule has 1 saturated heterocycles. The van der Waals surface area contributed by atoms with Gasteiger partial charge in [0.15, 0.2) is 11.5 Å². The quantitative estimate of drug-likeness (QED) is 0.798. The SMILES string of the molecule is COc1ccc(CCC(=O)N2CCC(C)CC2C(=O)O)c(OC)c1OC. The largest absolute Gasteiger partial charge is 0.493 e. The minimum Gasteiger partial charge on any atom is -0.493 e. The lowest BCUT2D eigenvalue weighted by Crippen LogP contribution is -2.49. The molecule has 1 heterocycles. The summed E-state index contributed by atoms with van der Waals surface area (Å²) in [7, 11) is 4.61. The number of carbonyl (C=O) groups is 2. The summed E-state index contributed by atoms with van der Waals surface area (Å²) < 4.78 is 16.1. The second-order valence-corrected chi connectivity index (χ2v) is 6.56. The first kappa shape index (κ1) is 19.9. The van der Waals surface area contributed by atoms with Crippen molar-refractivity contribution in [3.63, 3.8) is 0 Å². The van der Waals surface area contributed by atoms with Gasteiger partial charge in [-0.25, -0.2) is 4.79 Å². The van der Waals surface area contributed by atoms with Crippen LogP contribution >= 0.6 is 0 Å². The zero-order valence-electron chi connectivity index (χ0n) is 15.8. The lowest BCUT2D eigenvalue weighted by atomic mass is 9.92. The summed E-state index contributed by atoms with van der Waals surface area (Å²) in [5.74, 6) is 0.785. The molecule has 0 bridgehead atoms. The summed E-state index contributed by atoms with van der Waals surface area (Å²) >= 11 is 0. The van der Waals surface area contributed by atoms with Gasteiger partial charge in [-0.15, -0.1) is 0 Å². The van der Waals surface area contributed by atoms with E-state index in [1.807, 2.05) is 13.0 Å². The molecule has 1 aromatic rings. The summed E-state index contributed by atoms with van der Waals surface area (Å²) in [6.45, 7) is 2.51. The number of ether oxygens (including phenoxy) is 3. The molecule has 2 unspecified atom stereocenters. The fraction of sp³-hybridized carbons (Fsp3) is 0.579. The van der Waals surface area contributed by atoms with Gasteiger partial charge in [0.05, 0.1) is 21.3 Å². The van der Waals surface area contributed by atoms with Crippen LogP contribution in [0.25, 0.3) is 0 Å². The van der Waals surface area contributed by atoms with Crippen molar-refractivity contribution in [2.24, 2.45) is 5.92 Å². The van der Waals surface area contributed by atoms with Crippen LogP contribution in [0.5, 0.6) is 17.2 Å². The number of carboxylic acid groups (broad SMARTS) is 1. The first-order valence-corrected chi connectivity index (χ1v) is 8.73. The van der Waals surface area contributed by atoms with Crippen LogP contribution in [0.3, 0.4) is 0 Å². The number of amides is 1. The maximum atomic E-state index is 12.6. The highest BCUT2D eigenvalue weighted by atomic mass is 16.5. The molecule has 144 valence electrons. The Morgan fingerprint density at radius 2 is 1.85 bits per heavy atom. The molecule has 1 fully saturated rings. The van der Waals surface area contributed by atoms with E-state index in [0.717, 1.165) is 12.0 Å². The number of methoxy groups -OCH3 is 3. The third kappa shape index (κ3) is 4.20. The summed E-state index contributed by atoms with van der Waals surface area (Å²) in [5, 5.41) is 9.42. The van der Waals surface area contributed by atoms with Crippen molar-refractivity contribution in [3.8, 4) is 17.2 Å². The van der Waals surface area contributed by atoms with E-state index in [9.17, 15) is 14.7 Å². The van der Waals surface area contributed by atoms with E-state index in [0.29, 0.717) is 42.6 Å². The third-order valence-electron chi connectivity index (χ3n) is 4.86. The Kier molecular flexibility index (Phi) is 6.71. The molecule has 1 N–H and O–H groups in total. The van der Waals surface area contributed by atoms with E-state index in [-0.39, 0.29) is 12.3 Å².